The lowest BCUT2D eigenvalue weighted by molar-refractivity contribution is 1.18. The third-order valence-corrected chi connectivity index (χ3v) is 3.65. The van der Waals surface area contributed by atoms with Gasteiger partial charge < -0.3 is 5.32 Å². The maximum absolute atomic E-state index is 4.44. The first-order valence-corrected chi connectivity index (χ1v) is 6.10. The Kier molecular flexibility index (Phi) is 3.02. The molecule has 5 heteroatoms. The predicted octanol–water partition coefficient (Wildman–Crippen LogP) is 3.32. The van der Waals surface area contributed by atoms with Crippen LogP contribution in [0.5, 0.6) is 0 Å². The van der Waals surface area contributed by atoms with Crippen LogP contribution in [0.2, 0.25) is 0 Å². The number of rotatable bonds is 2. The smallest absolute Gasteiger partial charge is 0.184 e. The summed E-state index contributed by atoms with van der Waals surface area (Å²) in [6.07, 6.45) is 0. The van der Waals surface area contributed by atoms with Gasteiger partial charge in [-0.15, -0.1) is 0 Å². The Bertz CT molecular complexity index is 481. The molecule has 15 heavy (non-hydrogen) atoms. The number of thiazole rings is 1. The summed E-state index contributed by atoms with van der Waals surface area (Å²) in [6, 6.07) is 5.93. The van der Waals surface area contributed by atoms with Crippen LogP contribution in [0.1, 0.15) is 5.69 Å². The van der Waals surface area contributed by atoms with Crippen LogP contribution in [0.4, 0.5) is 5.13 Å². The molecule has 2 aromatic heterocycles. The van der Waals surface area contributed by atoms with Gasteiger partial charge in [0.05, 0.1) is 5.69 Å². The van der Waals surface area contributed by atoms with Gasteiger partial charge >= 0.3 is 0 Å². The van der Waals surface area contributed by atoms with Crippen molar-refractivity contribution < 1.29 is 0 Å². The minimum atomic E-state index is 0.889. The lowest BCUT2D eigenvalue weighted by Crippen LogP contribution is -1.89. The van der Waals surface area contributed by atoms with Crippen LogP contribution in [0.15, 0.2) is 22.0 Å². The van der Waals surface area contributed by atoms with E-state index in [0.29, 0.717) is 0 Å². The average Bonchev–Trinajstić information content (AvgIpc) is 2.60. The number of aryl methyl sites for hydroxylation is 1. The Labute approximate surface area is 101 Å². The fraction of sp³-hybridized carbons (Fsp3) is 0.200. The molecule has 2 aromatic rings. The number of halogens is 1. The largest absolute Gasteiger partial charge is 0.365 e. The van der Waals surface area contributed by atoms with Crippen LogP contribution in [0.25, 0.3) is 11.4 Å². The molecule has 0 bridgehead atoms. The van der Waals surface area contributed by atoms with Crippen LogP contribution in [-0.2, 0) is 0 Å². The molecule has 0 aliphatic heterocycles. The van der Waals surface area contributed by atoms with Crippen molar-refractivity contribution in [1.82, 2.24) is 9.97 Å². The summed E-state index contributed by atoms with van der Waals surface area (Å²) < 4.78 is 1.00. The van der Waals surface area contributed by atoms with Crippen molar-refractivity contribution in [3.63, 3.8) is 0 Å². The molecule has 0 aliphatic rings. The van der Waals surface area contributed by atoms with Crippen LogP contribution < -0.4 is 5.32 Å². The fourth-order valence-corrected chi connectivity index (χ4v) is 2.65. The number of hydrogen-bond donors (Lipinski definition) is 1. The lowest BCUT2D eigenvalue weighted by atomic mass is 10.3. The van der Waals surface area contributed by atoms with E-state index in [4.69, 9.17) is 0 Å². The number of nitrogens with zero attached hydrogens (tertiary/aromatic N) is 2. The van der Waals surface area contributed by atoms with Gasteiger partial charge in [0.1, 0.15) is 9.48 Å². The Balaban J connectivity index is 2.48. The normalized spacial score (nSPS) is 10.3. The van der Waals surface area contributed by atoms with Crippen molar-refractivity contribution in [3.8, 4) is 11.4 Å². The molecule has 0 saturated heterocycles. The van der Waals surface area contributed by atoms with Gasteiger partial charge in [0, 0.05) is 12.7 Å². The number of pyridine rings is 1. The van der Waals surface area contributed by atoms with Gasteiger partial charge in [-0.25, -0.2) is 4.98 Å². The van der Waals surface area contributed by atoms with Crippen LogP contribution in [0.3, 0.4) is 0 Å². The minimum Gasteiger partial charge on any atom is -0.365 e. The molecule has 0 aliphatic carbocycles. The zero-order valence-electron chi connectivity index (χ0n) is 8.41. The summed E-state index contributed by atoms with van der Waals surface area (Å²) in [5.74, 6) is 0. The monoisotopic (exact) mass is 283 g/mol. The van der Waals surface area contributed by atoms with Crippen molar-refractivity contribution in [2.75, 3.05) is 12.4 Å². The molecular formula is C10H10BrN3S. The minimum absolute atomic E-state index is 0.889. The van der Waals surface area contributed by atoms with Crippen LogP contribution in [-0.4, -0.2) is 17.0 Å². The van der Waals surface area contributed by atoms with E-state index in [1.807, 2.05) is 32.2 Å². The van der Waals surface area contributed by atoms with Gasteiger partial charge in [0.2, 0.25) is 0 Å². The summed E-state index contributed by atoms with van der Waals surface area (Å²) in [7, 11) is 1.86. The molecular weight excluding hydrogens is 274 g/mol. The third-order valence-electron chi connectivity index (χ3n) is 1.93. The maximum Gasteiger partial charge on any atom is 0.184 e. The number of aromatic nitrogens is 2. The van der Waals surface area contributed by atoms with Gasteiger partial charge in [0.15, 0.2) is 5.13 Å². The molecule has 2 heterocycles. The molecule has 0 atom stereocenters. The second-order valence-electron chi connectivity index (χ2n) is 3.06. The molecule has 0 spiro atoms. The van der Waals surface area contributed by atoms with Crippen LogP contribution in [0, 0.1) is 6.92 Å². The Morgan fingerprint density at radius 3 is 2.73 bits per heavy atom. The predicted molar refractivity (Wildman–Crippen MR) is 67.3 cm³/mol. The molecule has 2 rings (SSSR count). The first-order valence-electron chi connectivity index (χ1n) is 4.49. The van der Waals surface area contributed by atoms with Crippen LogP contribution >= 0.6 is 27.3 Å². The highest BCUT2D eigenvalue weighted by Crippen LogP contribution is 2.34. The van der Waals surface area contributed by atoms with E-state index < -0.39 is 0 Å². The molecule has 78 valence electrons. The van der Waals surface area contributed by atoms with E-state index in [2.05, 4.69) is 31.2 Å². The van der Waals surface area contributed by atoms with Gasteiger partial charge in [-0.1, -0.05) is 17.4 Å². The standard InChI is InChI=1S/C10H10BrN3S/c1-6-4-3-5-7(13-6)8-9(11)15-10(12-2)14-8/h3-5H,1-2H3,(H,12,14). The highest BCUT2D eigenvalue weighted by molar-refractivity contribution is 9.11. The highest BCUT2D eigenvalue weighted by Gasteiger charge is 2.11. The second-order valence-corrected chi connectivity index (χ2v) is 5.37. The highest BCUT2D eigenvalue weighted by atomic mass is 79.9. The molecule has 0 unspecified atom stereocenters. The quantitative estimate of drug-likeness (QED) is 0.919. The summed E-state index contributed by atoms with van der Waals surface area (Å²) in [6.45, 7) is 1.97. The number of hydrogen-bond acceptors (Lipinski definition) is 4. The Morgan fingerprint density at radius 2 is 2.13 bits per heavy atom. The van der Waals surface area contributed by atoms with Gasteiger partial charge in [-0.3, -0.25) is 4.98 Å². The molecule has 0 amide bonds. The lowest BCUT2D eigenvalue weighted by Gasteiger charge is -1.97. The van der Waals surface area contributed by atoms with Crippen molar-refractivity contribution in [1.29, 1.82) is 0 Å². The Morgan fingerprint density at radius 1 is 1.33 bits per heavy atom. The molecule has 0 fully saturated rings. The van der Waals surface area contributed by atoms with Crippen molar-refractivity contribution in [3.05, 3.63) is 27.7 Å². The van der Waals surface area contributed by atoms with E-state index in [1.165, 1.54) is 0 Å². The van der Waals surface area contributed by atoms with E-state index in [-0.39, 0.29) is 0 Å². The molecule has 0 radical (unpaired) electrons. The summed E-state index contributed by atoms with van der Waals surface area (Å²) in [4.78, 5) is 8.88. The van der Waals surface area contributed by atoms with Crippen molar-refractivity contribution in [2.45, 2.75) is 6.92 Å². The van der Waals surface area contributed by atoms with Gasteiger partial charge in [0.25, 0.3) is 0 Å². The zero-order valence-corrected chi connectivity index (χ0v) is 10.8. The topological polar surface area (TPSA) is 37.8 Å². The average molecular weight is 284 g/mol. The summed E-state index contributed by atoms with van der Waals surface area (Å²) in [5, 5.41) is 3.91. The van der Waals surface area contributed by atoms with E-state index in [0.717, 1.165) is 26.0 Å². The number of nitrogens with one attached hydrogen (secondary N) is 1. The summed E-state index contributed by atoms with van der Waals surface area (Å²) >= 11 is 5.06. The van der Waals surface area contributed by atoms with E-state index in [1.54, 1.807) is 11.3 Å². The molecule has 3 nitrogen and oxygen atoms in total. The molecule has 0 aromatic carbocycles. The molecule has 0 saturated carbocycles. The molecule has 1 N–H and O–H groups in total. The third kappa shape index (κ3) is 2.18. The van der Waals surface area contributed by atoms with Crippen molar-refractivity contribution >= 4 is 32.4 Å². The van der Waals surface area contributed by atoms with Gasteiger partial charge in [-0.05, 0) is 35.0 Å². The van der Waals surface area contributed by atoms with Crippen molar-refractivity contribution in [2.24, 2.45) is 0 Å². The first kappa shape index (κ1) is 10.6. The number of anilines is 1. The maximum atomic E-state index is 4.44. The second kappa shape index (κ2) is 4.28. The van der Waals surface area contributed by atoms with Gasteiger partial charge in [-0.2, -0.15) is 0 Å². The SMILES string of the molecule is CNc1nc(-c2cccc(C)n2)c(Br)s1. The zero-order chi connectivity index (χ0) is 10.8. The Hall–Kier alpha value is -0.940. The first-order chi connectivity index (χ1) is 7.20. The van der Waals surface area contributed by atoms with E-state index >= 15 is 0 Å². The summed E-state index contributed by atoms with van der Waals surface area (Å²) in [5.41, 5.74) is 2.80. The van der Waals surface area contributed by atoms with E-state index in [9.17, 15) is 0 Å². The fourth-order valence-electron chi connectivity index (χ4n) is 1.24.